The number of rotatable bonds is 7. The predicted molar refractivity (Wildman–Crippen MR) is 146 cm³/mol. The van der Waals surface area contributed by atoms with Gasteiger partial charge >= 0.3 is 0 Å². The minimum atomic E-state index is -0.572. The Morgan fingerprint density at radius 2 is 1.78 bits per heavy atom. The van der Waals surface area contributed by atoms with E-state index in [1.807, 2.05) is 11.2 Å². The maximum absolute atomic E-state index is 10.2. The molecular weight excluding hydrogens is 498 g/mol. The number of aromatic nitrogens is 3. The van der Waals surface area contributed by atoms with E-state index >= 15 is 0 Å². The van der Waals surface area contributed by atoms with Crippen LogP contribution >= 0.6 is 23.1 Å². The van der Waals surface area contributed by atoms with Crippen molar-refractivity contribution >= 4 is 55.2 Å². The average Bonchev–Trinajstić information content (AvgIpc) is 3.20. The van der Waals surface area contributed by atoms with Gasteiger partial charge in [0.15, 0.2) is 11.0 Å². The Hall–Kier alpha value is -1.76. The van der Waals surface area contributed by atoms with E-state index in [1.165, 1.54) is 17.3 Å². The second kappa shape index (κ2) is 10.2. The predicted octanol–water partition coefficient (Wildman–Crippen LogP) is 3.22. The van der Waals surface area contributed by atoms with Gasteiger partial charge in [-0.1, -0.05) is 11.8 Å². The normalized spacial score (nSPS) is 19.5. The van der Waals surface area contributed by atoms with E-state index in [-0.39, 0.29) is 5.60 Å². The molecule has 0 aliphatic carbocycles. The minimum Gasteiger partial charge on any atom is -0.392 e. The van der Waals surface area contributed by atoms with Gasteiger partial charge in [-0.15, -0.1) is 11.3 Å². The molecule has 2 N–H and O–H groups in total. The van der Waals surface area contributed by atoms with E-state index < -0.39 is 12.2 Å². The van der Waals surface area contributed by atoms with Gasteiger partial charge in [-0.3, -0.25) is 0 Å². The summed E-state index contributed by atoms with van der Waals surface area (Å²) in [5.41, 5.74) is 2.98. The molecule has 36 heavy (non-hydrogen) atoms. The van der Waals surface area contributed by atoms with E-state index in [0.29, 0.717) is 38.1 Å². The van der Waals surface area contributed by atoms with Crippen molar-refractivity contribution in [2.24, 2.45) is 0 Å². The Morgan fingerprint density at radius 1 is 1.08 bits per heavy atom. The van der Waals surface area contributed by atoms with Crippen molar-refractivity contribution in [3.63, 3.8) is 0 Å². The van der Waals surface area contributed by atoms with Crippen molar-refractivity contribution in [2.45, 2.75) is 63.7 Å². The van der Waals surface area contributed by atoms with Crippen LogP contribution in [0.3, 0.4) is 0 Å². The van der Waals surface area contributed by atoms with E-state index in [4.69, 9.17) is 24.4 Å². The van der Waals surface area contributed by atoms with Crippen LogP contribution in [-0.2, 0) is 22.5 Å². The lowest BCUT2D eigenvalue weighted by Crippen LogP contribution is -2.39. The van der Waals surface area contributed by atoms with E-state index in [1.54, 1.807) is 25.2 Å². The summed E-state index contributed by atoms with van der Waals surface area (Å²) in [5.74, 6) is 1.72. The number of nitrogens with zero attached hydrogens (tertiary/aromatic N) is 5. The number of anilines is 2. The summed E-state index contributed by atoms with van der Waals surface area (Å²) in [7, 11) is 0. The number of hydrogen-bond donors (Lipinski definition) is 2. The highest BCUT2D eigenvalue weighted by atomic mass is 32.2. The van der Waals surface area contributed by atoms with Crippen LogP contribution in [0.5, 0.6) is 0 Å². The second-order valence-electron chi connectivity index (χ2n) is 10.3. The zero-order valence-electron chi connectivity index (χ0n) is 21.6. The van der Waals surface area contributed by atoms with E-state index in [2.05, 4.69) is 18.7 Å². The third kappa shape index (κ3) is 5.01. The first kappa shape index (κ1) is 25.9. The standard InChI is InChI=1S/C25H35N5O4S2/c1-14(31)11-30(12-15(2)32)22-20-19(26-24(28-22)35-5)18-16-10-25(3,4)34-13-17(16)21(27-23(18)36-20)29-6-8-33-9-7-29/h14-15,31-32H,6-13H2,1-5H3/t14-,15+. The molecule has 0 amide bonds. The summed E-state index contributed by atoms with van der Waals surface area (Å²) in [6.07, 6.45) is 1.59. The van der Waals surface area contributed by atoms with Gasteiger partial charge in [-0.2, -0.15) is 0 Å². The third-order valence-corrected chi connectivity index (χ3v) is 8.21. The minimum absolute atomic E-state index is 0.291. The fourth-order valence-corrected chi connectivity index (χ4v) is 6.57. The quantitative estimate of drug-likeness (QED) is 0.347. The fourth-order valence-electron chi connectivity index (χ4n) is 5.05. The van der Waals surface area contributed by atoms with Gasteiger partial charge in [0.2, 0.25) is 0 Å². The molecular formula is C25H35N5O4S2. The topological polar surface area (TPSA) is 104 Å². The molecule has 0 bridgehead atoms. The van der Waals surface area contributed by atoms with Crippen LogP contribution < -0.4 is 9.80 Å². The molecule has 5 rings (SSSR count). The second-order valence-corrected chi connectivity index (χ2v) is 12.1. The van der Waals surface area contributed by atoms with Gasteiger partial charge < -0.3 is 29.5 Å². The first-order valence-corrected chi connectivity index (χ1v) is 14.5. The molecule has 5 heterocycles. The zero-order valence-corrected chi connectivity index (χ0v) is 23.2. The zero-order chi connectivity index (χ0) is 25.6. The Kier molecular flexibility index (Phi) is 7.32. The molecule has 0 saturated carbocycles. The van der Waals surface area contributed by atoms with Crippen LogP contribution in [0.25, 0.3) is 20.4 Å². The summed E-state index contributed by atoms with van der Waals surface area (Å²) in [6, 6.07) is 0. The van der Waals surface area contributed by atoms with Crippen molar-refractivity contribution in [3.05, 3.63) is 11.1 Å². The summed E-state index contributed by atoms with van der Waals surface area (Å²) in [4.78, 5) is 20.2. The number of aliphatic hydroxyl groups is 2. The van der Waals surface area contributed by atoms with Gasteiger partial charge in [0.05, 0.1) is 47.8 Å². The summed E-state index contributed by atoms with van der Waals surface area (Å²) < 4.78 is 12.8. The van der Waals surface area contributed by atoms with Gasteiger partial charge in [-0.05, 0) is 39.5 Å². The molecule has 1 fully saturated rings. The van der Waals surface area contributed by atoms with Crippen LogP contribution in [0.15, 0.2) is 5.16 Å². The molecule has 0 spiro atoms. The molecule has 9 nitrogen and oxygen atoms in total. The summed E-state index contributed by atoms with van der Waals surface area (Å²) in [6.45, 7) is 12.0. The van der Waals surface area contributed by atoms with Crippen LogP contribution in [0.4, 0.5) is 11.6 Å². The Balaban J connectivity index is 1.78. The van der Waals surface area contributed by atoms with Crippen molar-refractivity contribution in [1.82, 2.24) is 15.0 Å². The van der Waals surface area contributed by atoms with E-state index in [9.17, 15) is 10.2 Å². The first-order valence-electron chi connectivity index (χ1n) is 12.4. The van der Waals surface area contributed by atoms with Crippen LogP contribution in [0, 0.1) is 0 Å². The SMILES string of the molecule is CSc1nc(N(C[C@H](C)O)C[C@@H](C)O)c2sc3nc(N4CCOCC4)c4c(c3c2n1)CC(C)(C)OC4. The van der Waals surface area contributed by atoms with Gasteiger partial charge in [0.1, 0.15) is 10.6 Å². The molecule has 2 atom stereocenters. The van der Waals surface area contributed by atoms with Gasteiger partial charge in [-0.25, -0.2) is 15.0 Å². The third-order valence-electron chi connectivity index (χ3n) is 6.59. The molecule has 2 aliphatic heterocycles. The van der Waals surface area contributed by atoms with Crippen molar-refractivity contribution in [2.75, 3.05) is 55.4 Å². The molecule has 11 heteroatoms. The number of thiophene rings is 1. The van der Waals surface area contributed by atoms with Crippen LogP contribution in [0.2, 0.25) is 0 Å². The number of aliphatic hydroxyl groups excluding tert-OH is 2. The lowest BCUT2D eigenvalue weighted by Gasteiger charge is -2.36. The summed E-state index contributed by atoms with van der Waals surface area (Å²) in [5, 5.41) is 22.2. The van der Waals surface area contributed by atoms with Crippen LogP contribution in [0.1, 0.15) is 38.8 Å². The average molecular weight is 534 g/mol. The highest BCUT2D eigenvalue weighted by Gasteiger charge is 2.34. The highest BCUT2D eigenvalue weighted by molar-refractivity contribution is 7.98. The molecule has 196 valence electrons. The fraction of sp³-hybridized carbons (Fsp3) is 0.640. The maximum Gasteiger partial charge on any atom is 0.189 e. The highest BCUT2D eigenvalue weighted by Crippen LogP contribution is 2.45. The molecule has 0 aromatic carbocycles. The van der Waals surface area contributed by atoms with E-state index in [0.717, 1.165) is 57.1 Å². The number of ether oxygens (including phenoxy) is 2. The Labute approximate surface area is 219 Å². The molecule has 3 aromatic rings. The largest absolute Gasteiger partial charge is 0.392 e. The maximum atomic E-state index is 10.2. The molecule has 3 aromatic heterocycles. The number of hydrogen-bond acceptors (Lipinski definition) is 11. The van der Waals surface area contributed by atoms with Crippen molar-refractivity contribution in [3.8, 4) is 0 Å². The Bertz CT molecular complexity index is 1250. The molecule has 0 radical (unpaired) electrons. The number of pyridine rings is 1. The lowest BCUT2D eigenvalue weighted by atomic mass is 9.90. The molecule has 2 aliphatic rings. The van der Waals surface area contributed by atoms with Crippen LogP contribution in [-0.4, -0.2) is 88.6 Å². The number of thioether (sulfide) groups is 1. The monoisotopic (exact) mass is 533 g/mol. The Morgan fingerprint density at radius 3 is 2.42 bits per heavy atom. The van der Waals surface area contributed by atoms with Gasteiger partial charge in [0, 0.05) is 43.5 Å². The number of morpholine rings is 1. The number of fused-ring (bicyclic) bond motifs is 5. The van der Waals surface area contributed by atoms with Gasteiger partial charge in [0.25, 0.3) is 0 Å². The lowest BCUT2D eigenvalue weighted by molar-refractivity contribution is -0.0396. The van der Waals surface area contributed by atoms with Crippen molar-refractivity contribution in [1.29, 1.82) is 0 Å². The summed E-state index contributed by atoms with van der Waals surface area (Å²) >= 11 is 3.08. The van der Waals surface area contributed by atoms with Crippen molar-refractivity contribution < 1.29 is 19.7 Å². The molecule has 0 unspecified atom stereocenters. The molecule has 1 saturated heterocycles. The smallest absolute Gasteiger partial charge is 0.189 e. The first-order chi connectivity index (χ1) is 17.2.